The molecule has 2 rings (SSSR count). The molecule has 1 fully saturated rings. The number of hydrogen-bond donors (Lipinski definition) is 1. The third-order valence-electron chi connectivity index (χ3n) is 3.76. The summed E-state index contributed by atoms with van der Waals surface area (Å²) < 4.78 is 36.7. The zero-order valence-corrected chi connectivity index (χ0v) is 13.6. The second kappa shape index (κ2) is 7.79. The van der Waals surface area contributed by atoms with E-state index in [1.54, 1.807) is 24.3 Å². The summed E-state index contributed by atoms with van der Waals surface area (Å²) in [5.41, 5.74) is -3.18. The molecule has 0 spiro atoms. The lowest BCUT2D eigenvalue weighted by Gasteiger charge is -2.28. The SMILES string of the molecule is CSC1CCC(NCc2ccc(SC(F)(F)F)cc2)CC1. The Hall–Kier alpha value is -0.330. The maximum absolute atomic E-state index is 12.2. The fourth-order valence-electron chi connectivity index (χ4n) is 2.57. The van der Waals surface area contributed by atoms with Crippen molar-refractivity contribution in [3.63, 3.8) is 0 Å². The van der Waals surface area contributed by atoms with Crippen LogP contribution in [0.3, 0.4) is 0 Å². The summed E-state index contributed by atoms with van der Waals surface area (Å²) in [4.78, 5) is 0.242. The van der Waals surface area contributed by atoms with Crippen LogP contribution in [-0.4, -0.2) is 23.1 Å². The molecule has 0 amide bonds. The van der Waals surface area contributed by atoms with Gasteiger partial charge in [-0.25, -0.2) is 0 Å². The minimum atomic E-state index is -4.21. The van der Waals surface area contributed by atoms with E-state index in [0.717, 1.165) is 17.4 Å². The van der Waals surface area contributed by atoms with E-state index in [1.165, 1.54) is 25.7 Å². The van der Waals surface area contributed by atoms with Gasteiger partial charge >= 0.3 is 5.51 Å². The third kappa shape index (κ3) is 6.12. The quantitative estimate of drug-likeness (QED) is 0.755. The van der Waals surface area contributed by atoms with Crippen LogP contribution in [0.1, 0.15) is 31.2 Å². The molecule has 0 aromatic heterocycles. The first-order valence-electron chi connectivity index (χ1n) is 7.07. The highest BCUT2D eigenvalue weighted by atomic mass is 32.2. The number of rotatable bonds is 5. The van der Waals surface area contributed by atoms with E-state index in [0.29, 0.717) is 6.04 Å². The molecular weight excluding hydrogens is 315 g/mol. The van der Waals surface area contributed by atoms with Crippen molar-refractivity contribution in [2.45, 2.75) is 53.9 Å². The van der Waals surface area contributed by atoms with Crippen molar-refractivity contribution in [3.05, 3.63) is 29.8 Å². The molecule has 0 radical (unpaired) electrons. The van der Waals surface area contributed by atoms with Gasteiger partial charge in [-0.15, -0.1) is 0 Å². The highest BCUT2D eigenvalue weighted by molar-refractivity contribution is 8.00. The van der Waals surface area contributed by atoms with Crippen molar-refractivity contribution in [3.8, 4) is 0 Å². The van der Waals surface area contributed by atoms with Gasteiger partial charge in [0.2, 0.25) is 0 Å². The predicted octanol–water partition coefficient (Wildman–Crippen LogP) is 5.06. The number of hydrogen-bond acceptors (Lipinski definition) is 3. The lowest BCUT2D eigenvalue weighted by molar-refractivity contribution is -0.0328. The topological polar surface area (TPSA) is 12.0 Å². The van der Waals surface area contributed by atoms with Gasteiger partial charge in [0.15, 0.2) is 0 Å². The van der Waals surface area contributed by atoms with Gasteiger partial charge in [-0.2, -0.15) is 24.9 Å². The van der Waals surface area contributed by atoms with E-state index >= 15 is 0 Å². The maximum Gasteiger partial charge on any atom is 0.446 e. The minimum Gasteiger partial charge on any atom is -0.310 e. The molecular formula is C15H20F3NS2. The summed E-state index contributed by atoms with van der Waals surface area (Å²) >= 11 is 1.88. The fraction of sp³-hybridized carbons (Fsp3) is 0.600. The molecule has 0 aliphatic heterocycles. The summed E-state index contributed by atoms with van der Waals surface area (Å²) in [6, 6.07) is 7.17. The highest BCUT2D eigenvalue weighted by Crippen LogP contribution is 2.36. The zero-order valence-electron chi connectivity index (χ0n) is 12.0. The van der Waals surface area contributed by atoms with Crippen molar-refractivity contribution in [2.75, 3.05) is 6.26 Å². The summed E-state index contributed by atoms with van der Waals surface area (Å²) in [6.07, 6.45) is 7.04. The van der Waals surface area contributed by atoms with E-state index in [1.807, 2.05) is 11.8 Å². The van der Waals surface area contributed by atoms with Crippen molar-refractivity contribution in [1.29, 1.82) is 0 Å². The van der Waals surface area contributed by atoms with Crippen LogP contribution in [-0.2, 0) is 6.54 Å². The fourth-order valence-corrected chi connectivity index (χ4v) is 3.86. The zero-order chi connectivity index (χ0) is 15.3. The summed E-state index contributed by atoms with van der Waals surface area (Å²) in [5, 5.41) is 4.31. The molecule has 0 heterocycles. The van der Waals surface area contributed by atoms with Gasteiger partial charge in [-0.05, 0) is 61.4 Å². The molecule has 1 nitrogen and oxygen atoms in total. The number of alkyl halides is 3. The Kier molecular flexibility index (Phi) is 6.32. The van der Waals surface area contributed by atoms with Crippen molar-refractivity contribution in [2.24, 2.45) is 0 Å². The Labute approximate surface area is 132 Å². The Morgan fingerprint density at radius 1 is 1.10 bits per heavy atom. The van der Waals surface area contributed by atoms with E-state index in [9.17, 15) is 13.2 Å². The molecule has 1 aliphatic rings. The van der Waals surface area contributed by atoms with Crippen molar-refractivity contribution < 1.29 is 13.2 Å². The number of thioether (sulfide) groups is 2. The van der Waals surface area contributed by atoms with Gasteiger partial charge in [-0.3, -0.25) is 0 Å². The Balaban J connectivity index is 1.76. The molecule has 1 saturated carbocycles. The van der Waals surface area contributed by atoms with Crippen LogP contribution in [0, 0.1) is 0 Å². The second-order valence-corrected chi connectivity index (χ2v) is 7.56. The normalized spacial score (nSPS) is 23.2. The molecule has 6 heteroatoms. The Morgan fingerprint density at radius 2 is 1.71 bits per heavy atom. The van der Waals surface area contributed by atoms with E-state index in [-0.39, 0.29) is 16.7 Å². The second-order valence-electron chi connectivity index (χ2n) is 5.28. The van der Waals surface area contributed by atoms with Crippen molar-refractivity contribution in [1.82, 2.24) is 5.32 Å². The van der Waals surface area contributed by atoms with Gasteiger partial charge in [-0.1, -0.05) is 12.1 Å². The molecule has 0 bridgehead atoms. The number of benzene rings is 1. The van der Waals surface area contributed by atoms with Crippen LogP contribution in [0.4, 0.5) is 13.2 Å². The average Bonchev–Trinajstić information content (AvgIpc) is 2.45. The van der Waals surface area contributed by atoms with Gasteiger partial charge in [0.05, 0.1) is 0 Å². The van der Waals surface area contributed by atoms with Crippen LogP contribution in [0.25, 0.3) is 0 Å². The molecule has 118 valence electrons. The largest absolute Gasteiger partial charge is 0.446 e. The highest BCUT2D eigenvalue weighted by Gasteiger charge is 2.29. The van der Waals surface area contributed by atoms with Crippen LogP contribution < -0.4 is 5.32 Å². The third-order valence-corrected chi connectivity index (χ3v) is 5.64. The molecule has 1 N–H and O–H groups in total. The van der Waals surface area contributed by atoms with Crippen LogP contribution >= 0.6 is 23.5 Å². The number of nitrogens with one attached hydrogen (secondary N) is 1. The van der Waals surface area contributed by atoms with Gasteiger partial charge in [0.1, 0.15) is 0 Å². The minimum absolute atomic E-state index is 0.0644. The van der Waals surface area contributed by atoms with E-state index in [2.05, 4.69) is 11.6 Å². The standard InChI is InChI=1S/C15H20F3NS2/c1-20-13-8-4-12(5-9-13)19-10-11-2-6-14(7-3-11)21-15(16,17)18/h2-3,6-7,12-13,19H,4-5,8-10H2,1H3. The predicted molar refractivity (Wildman–Crippen MR) is 84.8 cm³/mol. The lowest BCUT2D eigenvalue weighted by Crippen LogP contribution is -2.33. The molecule has 0 unspecified atom stereocenters. The molecule has 21 heavy (non-hydrogen) atoms. The van der Waals surface area contributed by atoms with Crippen LogP contribution in [0.5, 0.6) is 0 Å². The van der Waals surface area contributed by atoms with Crippen LogP contribution in [0.2, 0.25) is 0 Å². The smallest absolute Gasteiger partial charge is 0.310 e. The monoisotopic (exact) mass is 335 g/mol. The maximum atomic E-state index is 12.2. The van der Waals surface area contributed by atoms with Gasteiger partial charge in [0.25, 0.3) is 0 Å². The first-order chi connectivity index (χ1) is 9.96. The first-order valence-corrected chi connectivity index (χ1v) is 9.17. The summed E-state index contributed by atoms with van der Waals surface area (Å²) in [6.45, 7) is 0.728. The molecule has 0 atom stereocenters. The van der Waals surface area contributed by atoms with E-state index < -0.39 is 5.51 Å². The number of halogens is 3. The van der Waals surface area contributed by atoms with E-state index in [4.69, 9.17) is 0 Å². The van der Waals surface area contributed by atoms with Crippen molar-refractivity contribution >= 4 is 23.5 Å². The molecule has 1 aliphatic carbocycles. The molecule has 0 saturated heterocycles. The summed E-state index contributed by atoms with van der Waals surface area (Å²) in [7, 11) is 0. The molecule has 1 aromatic carbocycles. The summed E-state index contributed by atoms with van der Waals surface area (Å²) in [5.74, 6) is 0. The van der Waals surface area contributed by atoms with Gasteiger partial charge in [0, 0.05) is 22.7 Å². The van der Waals surface area contributed by atoms with Crippen LogP contribution in [0.15, 0.2) is 29.2 Å². The Morgan fingerprint density at radius 3 is 2.24 bits per heavy atom. The molecule has 1 aromatic rings. The average molecular weight is 335 g/mol. The Bertz CT molecular complexity index is 426. The van der Waals surface area contributed by atoms with Gasteiger partial charge < -0.3 is 5.32 Å². The lowest BCUT2D eigenvalue weighted by atomic mass is 9.95. The first kappa shape index (κ1) is 17.0.